The molecule has 0 aliphatic carbocycles. The number of carboxylic acid groups (broad SMARTS) is 1. The van der Waals surface area contributed by atoms with Crippen LogP contribution < -0.4 is 4.74 Å². The molecule has 1 aromatic heterocycles. The highest BCUT2D eigenvalue weighted by molar-refractivity contribution is 7.99. The third-order valence-electron chi connectivity index (χ3n) is 2.75. The lowest BCUT2D eigenvalue weighted by atomic mass is 10.3. The number of hydrogen-bond acceptors (Lipinski definition) is 5. The molecule has 0 bridgehead atoms. The first-order valence-electron chi connectivity index (χ1n) is 6.67. The summed E-state index contributed by atoms with van der Waals surface area (Å²) in [6.45, 7) is 4.54. The quantitative estimate of drug-likeness (QED) is 0.792. The summed E-state index contributed by atoms with van der Waals surface area (Å²) in [5.41, 5.74) is 0.896. The Kier molecular flexibility index (Phi) is 5.21. The minimum atomic E-state index is -0.876. The molecule has 0 unspecified atom stereocenters. The fourth-order valence-corrected chi connectivity index (χ4v) is 2.56. The molecule has 1 aromatic carbocycles. The van der Waals surface area contributed by atoms with Gasteiger partial charge >= 0.3 is 5.97 Å². The fraction of sp³-hybridized carbons (Fsp3) is 0.357. The topological polar surface area (TPSA) is 77.2 Å². The number of aryl methyl sites for hydroxylation is 1. The lowest BCUT2D eigenvalue weighted by Crippen LogP contribution is -2.04. The van der Waals surface area contributed by atoms with Gasteiger partial charge in [-0.2, -0.15) is 0 Å². The minimum Gasteiger partial charge on any atom is -0.494 e. The Balaban J connectivity index is 2.31. The molecule has 1 heterocycles. The molecule has 0 fully saturated rings. The monoisotopic (exact) mass is 307 g/mol. The molecule has 0 saturated carbocycles. The first-order valence-corrected chi connectivity index (χ1v) is 7.66. The number of aromatic nitrogens is 3. The van der Waals surface area contributed by atoms with Crippen molar-refractivity contribution in [3.63, 3.8) is 0 Å². The molecule has 6 nitrogen and oxygen atoms in total. The van der Waals surface area contributed by atoms with E-state index >= 15 is 0 Å². The molecule has 0 aliphatic heterocycles. The molecule has 112 valence electrons. The lowest BCUT2D eigenvalue weighted by Gasteiger charge is -2.10. The second-order valence-corrected chi connectivity index (χ2v) is 5.14. The molecule has 21 heavy (non-hydrogen) atoms. The van der Waals surface area contributed by atoms with Crippen molar-refractivity contribution in [3.05, 3.63) is 30.1 Å². The number of aliphatic carboxylic acids is 1. The molecule has 0 radical (unpaired) electrons. The zero-order valence-corrected chi connectivity index (χ0v) is 12.8. The summed E-state index contributed by atoms with van der Waals surface area (Å²) < 4.78 is 7.30. The average molecular weight is 307 g/mol. The number of nitrogens with zero attached hydrogens (tertiary/aromatic N) is 3. The van der Waals surface area contributed by atoms with Crippen LogP contribution in [0.25, 0.3) is 5.69 Å². The first kappa shape index (κ1) is 15.4. The molecular weight excluding hydrogens is 290 g/mol. The van der Waals surface area contributed by atoms with E-state index in [1.807, 2.05) is 42.7 Å². The Morgan fingerprint density at radius 2 is 2.00 bits per heavy atom. The molecule has 1 N–H and O–H groups in total. The van der Waals surface area contributed by atoms with Crippen molar-refractivity contribution in [2.75, 3.05) is 12.4 Å². The lowest BCUT2D eigenvalue weighted by molar-refractivity contribution is -0.133. The Morgan fingerprint density at radius 1 is 1.29 bits per heavy atom. The van der Waals surface area contributed by atoms with Crippen LogP contribution in [0.3, 0.4) is 0 Å². The molecule has 0 spiro atoms. The summed E-state index contributed by atoms with van der Waals surface area (Å²) >= 11 is 1.16. The van der Waals surface area contributed by atoms with E-state index in [9.17, 15) is 4.79 Å². The highest BCUT2D eigenvalue weighted by Crippen LogP contribution is 2.24. The van der Waals surface area contributed by atoms with Gasteiger partial charge in [0.25, 0.3) is 0 Å². The van der Waals surface area contributed by atoms with Crippen molar-refractivity contribution in [2.45, 2.75) is 25.4 Å². The van der Waals surface area contributed by atoms with Crippen molar-refractivity contribution < 1.29 is 14.6 Å². The van der Waals surface area contributed by atoms with E-state index in [1.165, 1.54) is 0 Å². The highest BCUT2D eigenvalue weighted by atomic mass is 32.2. The summed E-state index contributed by atoms with van der Waals surface area (Å²) in [4.78, 5) is 10.7. The normalized spacial score (nSPS) is 10.6. The number of rotatable bonds is 7. The van der Waals surface area contributed by atoms with Crippen molar-refractivity contribution in [1.82, 2.24) is 14.8 Å². The van der Waals surface area contributed by atoms with Gasteiger partial charge < -0.3 is 9.84 Å². The maximum absolute atomic E-state index is 10.7. The van der Waals surface area contributed by atoms with E-state index in [2.05, 4.69) is 10.2 Å². The molecule has 0 amide bonds. The second kappa shape index (κ2) is 7.12. The van der Waals surface area contributed by atoms with E-state index in [0.29, 0.717) is 18.2 Å². The van der Waals surface area contributed by atoms with Crippen molar-refractivity contribution in [1.29, 1.82) is 0 Å². The Bertz CT molecular complexity index is 610. The van der Waals surface area contributed by atoms with E-state index in [0.717, 1.165) is 29.0 Å². The van der Waals surface area contributed by atoms with Crippen molar-refractivity contribution in [3.8, 4) is 11.4 Å². The fourth-order valence-electron chi connectivity index (χ4n) is 1.87. The predicted octanol–water partition coefficient (Wildman–Crippen LogP) is 2.41. The SMILES string of the molecule is CCOc1ccc(-n2c(CC)nnc2SCC(=O)O)cc1. The highest BCUT2D eigenvalue weighted by Gasteiger charge is 2.14. The van der Waals surface area contributed by atoms with Crippen LogP contribution >= 0.6 is 11.8 Å². The zero-order chi connectivity index (χ0) is 15.2. The van der Waals surface area contributed by atoms with Gasteiger partial charge in [0, 0.05) is 12.1 Å². The Hall–Kier alpha value is -2.02. The molecule has 0 atom stereocenters. The van der Waals surface area contributed by atoms with Crippen LogP contribution in [0.5, 0.6) is 5.75 Å². The molecular formula is C14H17N3O3S. The summed E-state index contributed by atoms with van der Waals surface area (Å²) in [5.74, 6) is 0.678. The van der Waals surface area contributed by atoms with Crippen molar-refractivity contribution in [2.24, 2.45) is 0 Å². The van der Waals surface area contributed by atoms with Gasteiger partial charge in [0.05, 0.1) is 12.4 Å². The summed E-state index contributed by atoms with van der Waals surface area (Å²) in [6.07, 6.45) is 0.716. The minimum absolute atomic E-state index is 0.0428. The zero-order valence-electron chi connectivity index (χ0n) is 11.9. The Morgan fingerprint density at radius 3 is 2.57 bits per heavy atom. The van der Waals surface area contributed by atoms with E-state index in [-0.39, 0.29) is 5.75 Å². The first-order chi connectivity index (χ1) is 10.2. The van der Waals surface area contributed by atoms with Gasteiger partial charge in [-0.15, -0.1) is 10.2 Å². The molecule has 2 rings (SSSR count). The number of ether oxygens (including phenoxy) is 1. The van der Waals surface area contributed by atoms with Gasteiger partial charge in [0.1, 0.15) is 11.6 Å². The van der Waals surface area contributed by atoms with E-state index in [1.54, 1.807) is 0 Å². The van der Waals surface area contributed by atoms with Crippen LogP contribution in [0.15, 0.2) is 29.4 Å². The van der Waals surface area contributed by atoms with Gasteiger partial charge in [0.2, 0.25) is 0 Å². The van der Waals surface area contributed by atoms with Gasteiger partial charge in [-0.3, -0.25) is 9.36 Å². The maximum Gasteiger partial charge on any atom is 0.313 e. The van der Waals surface area contributed by atoms with Gasteiger partial charge in [-0.05, 0) is 31.2 Å². The number of benzene rings is 1. The third-order valence-corrected chi connectivity index (χ3v) is 3.66. The van der Waals surface area contributed by atoms with Crippen LogP contribution in [-0.4, -0.2) is 38.2 Å². The standard InChI is InChI=1S/C14H17N3O3S/c1-3-12-15-16-14(21-9-13(18)19)17(12)10-5-7-11(8-6-10)20-4-2/h5-8H,3-4,9H2,1-2H3,(H,18,19). The molecule has 7 heteroatoms. The summed E-state index contributed by atoms with van der Waals surface area (Å²) in [7, 11) is 0. The van der Waals surface area contributed by atoms with Gasteiger partial charge in [-0.25, -0.2) is 0 Å². The van der Waals surface area contributed by atoms with E-state index in [4.69, 9.17) is 9.84 Å². The second-order valence-electron chi connectivity index (χ2n) is 4.20. The number of carbonyl (C=O) groups is 1. The largest absolute Gasteiger partial charge is 0.494 e. The smallest absolute Gasteiger partial charge is 0.313 e. The van der Waals surface area contributed by atoms with Crippen molar-refractivity contribution >= 4 is 17.7 Å². The molecule has 0 saturated heterocycles. The van der Waals surface area contributed by atoms with Crippen LogP contribution in [-0.2, 0) is 11.2 Å². The summed E-state index contributed by atoms with van der Waals surface area (Å²) in [6, 6.07) is 7.59. The summed E-state index contributed by atoms with van der Waals surface area (Å²) in [5, 5.41) is 17.6. The third kappa shape index (κ3) is 3.75. The molecule has 2 aromatic rings. The van der Waals surface area contributed by atoms with E-state index < -0.39 is 5.97 Å². The van der Waals surface area contributed by atoms with Crippen LogP contribution in [0.4, 0.5) is 0 Å². The maximum atomic E-state index is 10.7. The number of thioether (sulfide) groups is 1. The van der Waals surface area contributed by atoms with Gasteiger partial charge in [0.15, 0.2) is 5.16 Å². The Labute approximate surface area is 127 Å². The van der Waals surface area contributed by atoms with Crippen LogP contribution in [0, 0.1) is 0 Å². The number of hydrogen-bond donors (Lipinski definition) is 1. The predicted molar refractivity (Wildman–Crippen MR) is 80.3 cm³/mol. The average Bonchev–Trinajstić information content (AvgIpc) is 2.89. The number of carboxylic acids is 1. The van der Waals surface area contributed by atoms with Crippen LogP contribution in [0.1, 0.15) is 19.7 Å². The molecule has 0 aliphatic rings. The van der Waals surface area contributed by atoms with Crippen LogP contribution in [0.2, 0.25) is 0 Å². The van der Waals surface area contributed by atoms with Gasteiger partial charge in [-0.1, -0.05) is 18.7 Å².